The second-order valence-electron chi connectivity index (χ2n) is 5.66. The first-order valence-electron chi connectivity index (χ1n) is 7.31. The summed E-state index contributed by atoms with van der Waals surface area (Å²) in [5.41, 5.74) is 2.54. The second-order valence-corrected chi connectivity index (χ2v) is 5.66. The molecule has 0 aliphatic heterocycles. The van der Waals surface area contributed by atoms with E-state index in [-0.39, 0.29) is 6.10 Å². The van der Waals surface area contributed by atoms with Crippen LogP contribution in [-0.2, 0) is 6.54 Å². The highest BCUT2D eigenvalue weighted by molar-refractivity contribution is 5.37. The summed E-state index contributed by atoms with van der Waals surface area (Å²) in [4.78, 5) is 0. The fourth-order valence-electron chi connectivity index (χ4n) is 2.32. The van der Waals surface area contributed by atoms with Gasteiger partial charge in [-0.15, -0.1) is 0 Å². The molecule has 0 saturated carbocycles. The first kappa shape index (κ1) is 14.1. The van der Waals surface area contributed by atoms with Crippen molar-refractivity contribution < 1.29 is 4.74 Å². The number of hydrogen-bond acceptors (Lipinski definition) is 2. The third-order valence-electron chi connectivity index (χ3n) is 3.41. The van der Waals surface area contributed by atoms with Crippen molar-refractivity contribution >= 4 is 0 Å². The lowest BCUT2D eigenvalue weighted by atomic mass is 10.0. The van der Waals surface area contributed by atoms with Crippen molar-refractivity contribution in [1.29, 1.82) is 0 Å². The molecule has 1 aliphatic rings. The molecule has 104 valence electrons. The summed E-state index contributed by atoms with van der Waals surface area (Å²) in [7, 11) is 0. The highest BCUT2D eigenvalue weighted by Gasteiger charge is 2.12. The number of nitrogens with one attached hydrogen (secondary N) is 1. The van der Waals surface area contributed by atoms with E-state index in [4.69, 9.17) is 4.74 Å². The van der Waals surface area contributed by atoms with Gasteiger partial charge in [0, 0.05) is 18.2 Å². The maximum atomic E-state index is 6.15. The lowest BCUT2D eigenvalue weighted by Gasteiger charge is -2.21. The predicted octanol–water partition coefficient (Wildman–Crippen LogP) is 3.98. The van der Waals surface area contributed by atoms with Crippen LogP contribution in [0.25, 0.3) is 0 Å². The van der Waals surface area contributed by atoms with Crippen molar-refractivity contribution in [2.75, 3.05) is 0 Å². The van der Waals surface area contributed by atoms with Crippen LogP contribution in [0.1, 0.15) is 44.2 Å². The molecule has 2 rings (SSSR count). The van der Waals surface area contributed by atoms with Crippen molar-refractivity contribution in [2.45, 2.75) is 58.7 Å². The third-order valence-corrected chi connectivity index (χ3v) is 3.41. The van der Waals surface area contributed by atoms with Crippen LogP contribution >= 0.6 is 0 Å². The van der Waals surface area contributed by atoms with Gasteiger partial charge in [0.05, 0.1) is 0 Å². The summed E-state index contributed by atoms with van der Waals surface area (Å²) in [5, 5.41) is 3.47. The highest BCUT2D eigenvalue weighted by atomic mass is 16.5. The zero-order valence-corrected chi connectivity index (χ0v) is 12.3. The SMILES string of the molecule is Cc1ccc(OC2C=CCCC2)c(CNC(C)C)c1. The molecule has 0 amide bonds. The Kier molecular flexibility index (Phi) is 5.03. The molecular weight excluding hydrogens is 234 g/mol. The van der Waals surface area contributed by atoms with Crippen LogP contribution in [0.5, 0.6) is 5.75 Å². The molecule has 2 nitrogen and oxygen atoms in total. The Labute approximate surface area is 116 Å². The zero-order valence-electron chi connectivity index (χ0n) is 12.3. The van der Waals surface area contributed by atoms with Crippen LogP contribution in [0.4, 0.5) is 0 Å². The van der Waals surface area contributed by atoms with E-state index < -0.39 is 0 Å². The molecule has 1 unspecified atom stereocenters. The van der Waals surface area contributed by atoms with Crippen LogP contribution in [0.3, 0.4) is 0 Å². The third kappa shape index (κ3) is 4.39. The molecule has 0 heterocycles. The number of allylic oxidation sites excluding steroid dienone is 1. The number of ether oxygens (including phenoxy) is 1. The van der Waals surface area contributed by atoms with Gasteiger partial charge in [0.1, 0.15) is 11.9 Å². The quantitative estimate of drug-likeness (QED) is 0.808. The molecular formula is C17H25NO. The van der Waals surface area contributed by atoms with Gasteiger partial charge in [-0.3, -0.25) is 0 Å². The molecule has 0 aromatic heterocycles. The molecule has 19 heavy (non-hydrogen) atoms. The normalized spacial score (nSPS) is 18.8. The minimum atomic E-state index is 0.245. The maximum Gasteiger partial charge on any atom is 0.124 e. The fourth-order valence-corrected chi connectivity index (χ4v) is 2.32. The number of benzene rings is 1. The Balaban J connectivity index is 2.09. The van der Waals surface area contributed by atoms with Gasteiger partial charge in [0.2, 0.25) is 0 Å². The van der Waals surface area contributed by atoms with E-state index in [1.807, 2.05) is 0 Å². The first-order chi connectivity index (χ1) is 9.15. The van der Waals surface area contributed by atoms with Crippen LogP contribution in [0.15, 0.2) is 30.4 Å². The Bertz CT molecular complexity index is 437. The topological polar surface area (TPSA) is 21.3 Å². The number of rotatable bonds is 5. The summed E-state index contributed by atoms with van der Waals surface area (Å²) >= 11 is 0. The molecule has 0 bridgehead atoms. The lowest BCUT2D eigenvalue weighted by Crippen LogP contribution is -2.23. The van der Waals surface area contributed by atoms with Crippen LogP contribution in [0.2, 0.25) is 0 Å². The van der Waals surface area contributed by atoms with Crippen molar-refractivity contribution in [1.82, 2.24) is 5.32 Å². The average molecular weight is 259 g/mol. The molecule has 2 heteroatoms. The molecule has 0 fully saturated rings. The van der Waals surface area contributed by atoms with Crippen molar-refractivity contribution in [3.8, 4) is 5.75 Å². The molecule has 0 saturated heterocycles. The Morgan fingerprint density at radius 3 is 2.89 bits per heavy atom. The van der Waals surface area contributed by atoms with Crippen molar-refractivity contribution in [3.05, 3.63) is 41.5 Å². The van der Waals surface area contributed by atoms with Gasteiger partial charge in [-0.2, -0.15) is 0 Å². The smallest absolute Gasteiger partial charge is 0.124 e. The zero-order chi connectivity index (χ0) is 13.7. The molecule has 0 spiro atoms. The van der Waals surface area contributed by atoms with Crippen molar-refractivity contribution in [2.24, 2.45) is 0 Å². The van der Waals surface area contributed by atoms with Gasteiger partial charge < -0.3 is 10.1 Å². The van der Waals surface area contributed by atoms with Gasteiger partial charge in [-0.25, -0.2) is 0 Å². The minimum absolute atomic E-state index is 0.245. The van der Waals surface area contributed by atoms with E-state index in [1.165, 1.54) is 24.0 Å². The van der Waals surface area contributed by atoms with E-state index in [0.717, 1.165) is 18.7 Å². The van der Waals surface area contributed by atoms with E-state index >= 15 is 0 Å². The molecule has 1 N–H and O–H groups in total. The fraction of sp³-hybridized carbons (Fsp3) is 0.529. The molecule has 1 atom stereocenters. The number of hydrogen-bond donors (Lipinski definition) is 1. The minimum Gasteiger partial charge on any atom is -0.486 e. The predicted molar refractivity (Wildman–Crippen MR) is 80.6 cm³/mol. The average Bonchev–Trinajstić information content (AvgIpc) is 2.40. The van der Waals surface area contributed by atoms with Crippen LogP contribution in [0, 0.1) is 6.92 Å². The summed E-state index contributed by atoms with van der Waals surface area (Å²) < 4.78 is 6.15. The standard InChI is InChI=1S/C17H25NO/c1-13(2)18-12-15-11-14(3)9-10-17(15)19-16-7-5-4-6-8-16/h5,7,9-11,13,16,18H,4,6,8,12H2,1-3H3. The monoisotopic (exact) mass is 259 g/mol. The number of aryl methyl sites for hydroxylation is 1. The summed E-state index contributed by atoms with van der Waals surface area (Å²) in [6, 6.07) is 6.94. The second kappa shape index (κ2) is 6.76. The van der Waals surface area contributed by atoms with Gasteiger partial charge in [-0.1, -0.05) is 37.6 Å². The van der Waals surface area contributed by atoms with E-state index in [0.29, 0.717) is 6.04 Å². The first-order valence-corrected chi connectivity index (χ1v) is 7.31. The van der Waals surface area contributed by atoms with Gasteiger partial charge in [-0.05, 0) is 38.3 Å². The summed E-state index contributed by atoms with van der Waals surface area (Å²) in [6.45, 7) is 7.33. The Morgan fingerprint density at radius 2 is 2.21 bits per heavy atom. The summed E-state index contributed by atoms with van der Waals surface area (Å²) in [5.74, 6) is 1.02. The molecule has 1 aromatic carbocycles. The van der Waals surface area contributed by atoms with Gasteiger partial charge in [0.25, 0.3) is 0 Å². The lowest BCUT2D eigenvalue weighted by molar-refractivity contribution is 0.227. The van der Waals surface area contributed by atoms with Gasteiger partial charge in [0.15, 0.2) is 0 Å². The van der Waals surface area contributed by atoms with Crippen molar-refractivity contribution in [3.63, 3.8) is 0 Å². The molecule has 1 aromatic rings. The molecule has 0 radical (unpaired) electrons. The van der Waals surface area contributed by atoms with E-state index in [1.54, 1.807) is 0 Å². The van der Waals surface area contributed by atoms with Crippen LogP contribution < -0.4 is 10.1 Å². The molecule has 1 aliphatic carbocycles. The largest absolute Gasteiger partial charge is 0.486 e. The Morgan fingerprint density at radius 1 is 1.37 bits per heavy atom. The van der Waals surface area contributed by atoms with Gasteiger partial charge >= 0.3 is 0 Å². The van der Waals surface area contributed by atoms with E-state index in [2.05, 4.69) is 56.4 Å². The Hall–Kier alpha value is -1.28. The maximum absolute atomic E-state index is 6.15. The van der Waals surface area contributed by atoms with Crippen LogP contribution in [-0.4, -0.2) is 12.1 Å². The summed E-state index contributed by atoms with van der Waals surface area (Å²) in [6.07, 6.45) is 8.22. The van der Waals surface area contributed by atoms with E-state index in [9.17, 15) is 0 Å². The highest BCUT2D eigenvalue weighted by Crippen LogP contribution is 2.24.